The minimum absolute atomic E-state index is 0.0168. The lowest BCUT2D eigenvalue weighted by Crippen LogP contribution is -2.65. The zero-order valence-electron chi connectivity index (χ0n) is 29.9. The molecule has 18 atom stereocenters. The summed E-state index contributed by atoms with van der Waals surface area (Å²) in [5, 5.41) is 62.6. The second-order valence-corrected chi connectivity index (χ2v) is 16.6. The molecule has 0 radical (unpaired) electrons. The summed E-state index contributed by atoms with van der Waals surface area (Å²) >= 11 is 0. The van der Waals surface area contributed by atoms with Gasteiger partial charge in [0.25, 0.3) is 0 Å². The molecule has 13 heteroatoms. The summed E-state index contributed by atoms with van der Waals surface area (Å²) < 4.78 is 27.9. The standard InChI is InChI=1S/C37H58O13/c1-17(6-11-25(38)46-5)22-9-10-23-21-8-7-19-16-20(12-14-36(19,3)24(21)13-15-37(22,23)4)48-35-30(43)28(41)31(32(50-35)33(44)45)49-34-29(42)27(40)26(39)18(2)47-34/h7,17-18,20-24,26-32,34-35,39-43H,6,8-16H2,1-5H3,(H,44,45). The van der Waals surface area contributed by atoms with E-state index in [0.717, 1.165) is 25.7 Å². The third-order valence-electron chi connectivity index (χ3n) is 14.1. The van der Waals surface area contributed by atoms with Crippen molar-refractivity contribution in [2.24, 2.45) is 40.4 Å². The first-order valence-electron chi connectivity index (χ1n) is 18.6. The molecule has 6 N–H and O–H groups in total. The van der Waals surface area contributed by atoms with Crippen LogP contribution in [0.15, 0.2) is 11.6 Å². The molecule has 3 saturated carbocycles. The Balaban J connectivity index is 1.10. The van der Waals surface area contributed by atoms with Crippen LogP contribution < -0.4 is 0 Å². The molecule has 2 aliphatic heterocycles. The van der Waals surface area contributed by atoms with E-state index in [1.165, 1.54) is 38.9 Å². The number of hydrogen-bond donors (Lipinski definition) is 6. The summed E-state index contributed by atoms with van der Waals surface area (Å²) in [4.78, 5) is 24.1. The first-order chi connectivity index (χ1) is 23.6. The number of carbonyl (C=O) groups excluding carboxylic acids is 1. The highest BCUT2D eigenvalue weighted by Crippen LogP contribution is 2.67. The number of aliphatic carboxylic acids is 1. The zero-order chi connectivity index (χ0) is 36.3. The second kappa shape index (κ2) is 14.6. The van der Waals surface area contributed by atoms with Gasteiger partial charge < -0.3 is 54.3 Å². The average Bonchev–Trinajstić information content (AvgIpc) is 3.45. The smallest absolute Gasteiger partial charge is 0.335 e. The van der Waals surface area contributed by atoms with Crippen molar-refractivity contribution in [3.63, 3.8) is 0 Å². The molecule has 2 heterocycles. The van der Waals surface area contributed by atoms with E-state index < -0.39 is 67.4 Å². The van der Waals surface area contributed by atoms with Crippen LogP contribution in [0.5, 0.6) is 0 Å². The van der Waals surface area contributed by atoms with Gasteiger partial charge in [0.15, 0.2) is 18.7 Å². The normalized spacial score (nSPS) is 49.6. The maximum Gasteiger partial charge on any atom is 0.335 e. The minimum atomic E-state index is -1.77. The van der Waals surface area contributed by atoms with Gasteiger partial charge in [-0.25, -0.2) is 4.79 Å². The number of rotatable bonds is 9. The van der Waals surface area contributed by atoms with Gasteiger partial charge in [0, 0.05) is 6.42 Å². The van der Waals surface area contributed by atoms with Crippen molar-refractivity contribution < 1.29 is 63.9 Å². The first-order valence-corrected chi connectivity index (χ1v) is 18.6. The summed E-state index contributed by atoms with van der Waals surface area (Å²) in [5.74, 6) is 1.25. The Morgan fingerprint density at radius 2 is 1.60 bits per heavy atom. The Labute approximate surface area is 294 Å². The minimum Gasteiger partial charge on any atom is -0.479 e. The van der Waals surface area contributed by atoms with Crippen LogP contribution in [-0.4, -0.2) is 117 Å². The number of carbonyl (C=O) groups is 2. The van der Waals surface area contributed by atoms with E-state index in [9.17, 15) is 40.2 Å². The summed E-state index contributed by atoms with van der Waals surface area (Å²) in [7, 11) is 1.45. The first kappa shape index (κ1) is 38.1. The molecule has 0 aromatic carbocycles. The molecule has 4 aliphatic carbocycles. The monoisotopic (exact) mass is 710 g/mol. The highest BCUT2D eigenvalue weighted by molar-refractivity contribution is 5.73. The van der Waals surface area contributed by atoms with Gasteiger partial charge >= 0.3 is 11.9 Å². The van der Waals surface area contributed by atoms with Gasteiger partial charge in [0.2, 0.25) is 0 Å². The maximum absolute atomic E-state index is 12.3. The number of esters is 1. The van der Waals surface area contributed by atoms with Crippen LogP contribution >= 0.6 is 0 Å². The fourth-order valence-corrected chi connectivity index (χ4v) is 11.1. The highest BCUT2D eigenvalue weighted by Gasteiger charge is 2.60. The summed E-state index contributed by atoms with van der Waals surface area (Å²) in [5.41, 5.74) is 1.61. The van der Waals surface area contributed by atoms with Gasteiger partial charge in [0.05, 0.1) is 19.3 Å². The average molecular weight is 711 g/mol. The number of carboxylic acid groups (broad SMARTS) is 1. The SMILES string of the molecule is COC(=O)CCC(C)C1CCC2C3CC=C4CC(OC5OC(C(=O)O)C(OC6OC(C)C(O)C(O)C6O)C(O)C5O)CCC4(C)C3CCC12C. The van der Waals surface area contributed by atoms with Crippen LogP contribution in [0.1, 0.15) is 91.9 Å². The van der Waals surface area contributed by atoms with Crippen LogP contribution in [0.3, 0.4) is 0 Å². The predicted molar refractivity (Wildman–Crippen MR) is 176 cm³/mol. The van der Waals surface area contributed by atoms with Crippen LogP contribution in [0, 0.1) is 40.4 Å². The molecule has 0 amide bonds. The van der Waals surface area contributed by atoms with Crippen molar-refractivity contribution in [3.05, 3.63) is 11.6 Å². The molecule has 284 valence electrons. The van der Waals surface area contributed by atoms with Crippen molar-refractivity contribution in [3.8, 4) is 0 Å². The molecule has 6 aliphatic rings. The molecule has 5 fully saturated rings. The van der Waals surface area contributed by atoms with E-state index >= 15 is 0 Å². The number of aliphatic hydroxyl groups excluding tert-OH is 5. The van der Waals surface area contributed by atoms with E-state index in [2.05, 4.69) is 26.8 Å². The molecular formula is C37H58O13. The van der Waals surface area contributed by atoms with Gasteiger partial charge in [-0.1, -0.05) is 32.4 Å². The lowest BCUT2D eigenvalue weighted by atomic mass is 9.47. The number of methoxy groups -OCH3 is 1. The topological polar surface area (TPSA) is 202 Å². The van der Waals surface area contributed by atoms with Gasteiger partial charge in [-0.2, -0.15) is 0 Å². The molecule has 13 nitrogen and oxygen atoms in total. The van der Waals surface area contributed by atoms with Crippen molar-refractivity contribution >= 4 is 11.9 Å². The number of carboxylic acids is 1. The maximum atomic E-state index is 12.3. The zero-order valence-corrected chi connectivity index (χ0v) is 29.9. The van der Waals surface area contributed by atoms with Crippen LogP contribution in [-0.2, 0) is 33.3 Å². The van der Waals surface area contributed by atoms with Gasteiger partial charge in [0.1, 0.15) is 36.6 Å². The van der Waals surface area contributed by atoms with Crippen molar-refractivity contribution in [1.82, 2.24) is 0 Å². The highest BCUT2D eigenvalue weighted by atomic mass is 16.7. The number of allylic oxidation sites excluding steroid dienone is 1. The molecule has 50 heavy (non-hydrogen) atoms. The third-order valence-corrected chi connectivity index (χ3v) is 14.1. The van der Waals surface area contributed by atoms with Crippen molar-refractivity contribution in [2.45, 2.75) is 159 Å². The molecule has 18 unspecified atom stereocenters. The third kappa shape index (κ3) is 6.68. The Bertz CT molecular complexity index is 1280. The van der Waals surface area contributed by atoms with Gasteiger partial charge in [-0.05, 0) is 105 Å². The van der Waals surface area contributed by atoms with E-state index in [1.54, 1.807) is 0 Å². The number of fused-ring (bicyclic) bond motifs is 5. The van der Waals surface area contributed by atoms with E-state index in [0.29, 0.717) is 48.9 Å². The molecule has 2 saturated heterocycles. The molecular weight excluding hydrogens is 652 g/mol. The molecule has 0 aromatic rings. The summed E-state index contributed by atoms with van der Waals surface area (Å²) in [6.07, 6.45) is -4.27. The molecule has 0 aromatic heterocycles. The van der Waals surface area contributed by atoms with Crippen molar-refractivity contribution in [2.75, 3.05) is 7.11 Å². The summed E-state index contributed by atoms with van der Waals surface area (Å²) in [6.45, 7) is 8.63. The number of hydrogen-bond acceptors (Lipinski definition) is 12. The number of aliphatic hydroxyl groups is 5. The lowest BCUT2D eigenvalue weighted by molar-refractivity contribution is -0.355. The fourth-order valence-electron chi connectivity index (χ4n) is 11.1. The Morgan fingerprint density at radius 3 is 2.30 bits per heavy atom. The van der Waals surface area contributed by atoms with E-state index in [1.807, 2.05) is 0 Å². The van der Waals surface area contributed by atoms with Gasteiger partial charge in [-0.15, -0.1) is 0 Å². The van der Waals surface area contributed by atoms with Crippen LogP contribution in [0.25, 0.3) is 0 Å². The Kier molecular flexibility index (Phi) is 11.1. The molecule has 0 bridgehead atoms. The second-order valence-electron chi connectivity index (χ2n) is 16.6. The van der Waals surface area contributed by atoms with E-state index in [-0.39, 0.29) is 22.9 Å². The quantitative estimate of drug-likeness (QED) is 0.151. The molecule has 6 rings (SSSR count). The van der Waals surface area contributed by atoms with E-state index in [4.69, 9.17) is 23.7 Å². The summed E-state index contributed by atoms with van der Waals surface area (Å²) in [6, 6.07) is 0. The molecule has 0 spiro atoms. The Hall–Kier alpha value is -1.68. The fraction of sp³-hybridized carbons (Fsp3) is 0.892. The number of ether oxygens (including phenoxy) is 5. The lowest BCUT2D eigenvalue weighted by Gasteiger charge is -2.58. The Morgan fingerprint density at radius 1 is 0.900 bits per heavy atom. The predicted octanol–water partition coefficient (Wildman–Crippen LogP) is 2.28. The van der Waals surface area contributed by atoms with Crippen LogP contribution in [0.4, 0.5) is 0 Å². The largest absolute Gasteiger partial charge is 0.479 e. The van der Waals surface area contributed by atoms with Crippen LogP contribution in [0.2, 0.25) is 0 Å². The van der Waals surface area contributed by atoms with Crippen molar-refractivity contribution in [1.29, 1.82) is 0 Å². The van der Waals surface area contributed by atoms with Gasteiger partial charge in [-0.3, -0.25) is 4.79 Å².